The third-order valence-corrected chi connectivity index (χ3v) is 5.38. The standard InChI is InChI=1S/C11H20FNOS/c12-8-10-4-6-13(7-5-10)15(14)9-11-2-1-3-11/h10-11H,1-9H2. The molecular formula is C11H20FNOS. The van der Waals surface area contributed by atoms with Gasteiger partial charge in [-0.1, -0.05) is 6.42 Å². The molecule has 15 heavy (non-hydrogen) atoms. The summed E-state index contributed by atoms with van der Waals surface area (Å²) in [6.45, 7) is 1.45. The molecule has 1 atom stereocenters. The molecule has 2 aliphatic rings. The predicted octanol–water partition coefficient (Wildman–Crippen LogP) is 2.13. The maximum atomic E-state index is 12.4. The van der Waals surface area contributed by atoms with Crippen LogP contribution in [0.15, 0.2) is 0 Å². The quantitative estimate of drug-likeness (QED) is 0.695. The molecule has 0 aromatic heterocycles. The summed E-state index contributed by atoms with van der Waals surface area (Å²) in [4.78, 5) is 0. The highest BCUT2D eigenvalue weighted by atomic mass is 32.2. The van der Waals surface area contributed by atoms with Crippen molar-refractivity contribution in [1.82, 2.24) is 4.31 Å². The average Bonchev–Trinajstić information content (AvgIpc) is 2.23. The SMILES string of the molecule is [O-][S+](CC1CCC1)N1CCC(CF)CC1. The van der Waals surface area contributed by atoms with Gasteiger partial charge in [0.1, 0.15) is 5.75 Å². The molecule has 1 aliphatic carbocycles. The van der Waals surface area contributed by atoms with Gasteiger partial charge in [0.15, 0.2) is 0 Å². The van der Waals surface area contributed by atoms with Crippen molar-refractivity contribution >= 4 is 11.4 Å². The summed E-state index contributed by atoms with van der Waals surface area (Å²) in [5.74, 6) is 1.77. The molecule has 0 bridgehead atoms. The highest BCUT2D eigenvalue weighted by Crippen LogP contribution is 2.29. The van der Waals surface area contributed by atoms with Gasteiger partial charge < -0.3 is 4.55 Å². The molecule has 1 saturated heterocycles. The first-order chi connectivity index (χ1) is 7.29. The fourth-order valence-electron chi connectivity index (χ4n) is 2.23. The Bertz CT molecular complexity index is 193. The molecule has 0 spiro atoms. The Balaban J connectivity index is 1.69. The van der Waals surface area contributed by atoms with E-state index < -0.39 is 11.4 Å². The van der Waals surface area contributed by atoms with Crippen LogP contribution in [0.3, 0.4) is 0 Å². The van der Waals surface area contributed by atoms with E-state index in [1.165, 1.54) is 19.3 Å². The zero-order valence-electron chi connectivity index (χ0n) is 9.16. The van der Waals surface area contributed by atoms with E-state index in [2.05, 4.69) is 0 Å². The van der Waals surface area contributed by atoms with Gasteiger partial charge in [0.2, 0.25) is 0 Å². The van der Waals surface area contributed by atoms with Crippen molar-refractivity contribution in [2.45, 2.75) is 32.1 Å². The minimum atomic E-state index is -0.791. The van der Waals surface area contributed by atoms with Crippen molar-refractivity contribution in [3.63, 3.8) is 0 Å². The first-order valence-electron chi connectivity index (χ1n) is 5.99. The Kier molecular flexibility index (Phi) is 4.29. The van der Waals surface area contributed by atoms with Crippen molar-refractivity contribution in [2.75, 3.05) is 25.5 Å². The van der Waals surface area contributed by atoms with E-state index in [-0.39, 0.29) is 12.6 Å². The van der Waals surface area contributed by atoms with Crippen LogP contribution in [0.4, 0.5) is 4.39 Å². The second-order valence-electron chi connectivity index (χ2n) is 4.81. The maximum absolute atomic E-state index is 12.4. The minimum absolute atomic E-state index is 0.205. The fraction of sp³-hybridized carbons (Fsp3) is 1.00. The molecule has 2 nitrogen and oxygen atoms in total. The average molecular weight is 233 g/mol. The molecule has 2 fully saturated rings. The first-order valence-corrected chi connectivity index (χ1v) is 7.26. The zero-order chi connectivity index (χ0) is 10.7. The van der Waals surface area contributed by atoms with Crippen LogP contribution >= 0.6 is 0 Å². The van der Waals surface area contributed by atoms with E-state index in [0.29, 0.717) is 5.92 Å². The molecular weight excluding hydrogens is 213 g/mol. The molecule has 1 heterocycles. The van der Waals surface area contributed by atoms with Crippen LogP contribution in [0.1, 0.15) is 32.1 Å². The lowest BCUT2D eigenvalue weighted by atomic mass is 9.87. The van der Waals surface area contributed by atoms with E-state index in [4.69, 9.17) is 0 Å². The molecule has 0 radical (unpaired) electrons. The second kappa shape index (κ2) is 5.51. The van der Waals surface area contributed by atoms with Gasteiger partial charge in [0, 0.05) is 30.4 Å². The molecule has 0 aromatic carbocycles. The van der Waals surface area contributed by atoms with E-state index in [0.717, 1.165) is 31.7 Å². The first kappa shape index (κ1) is 11.7. The Labute approximate surface area is 94.5 Å². The Morgan fingerprint density at radius 3 is 2.27 bits per heavy atom. The Hall–Kier alpha value is 0.200. The normalized spacial score (nSPS) is 27.6. The lowest BCUT2D eigenvalue weighted by Crippen LogP contribution is -2.42. The van der Waals surface area contributed by atoms with Gasteiger partial charge in [0.25, 0.3) is 0 Å². The topological polar surface area (TPSA) is 26.3 Å². The van der Waals surface area contributed by atoms with Crippen molar-refractivity contribution in [1.29, 1.82) is 0 Å². The third-order valence-electron chi connectivity index (χ3n) is 3.68. The van der Waals surface area contributed by atoms with Crippen LogP contribution in [0, 0.1) is 11.8 Å². The van der Waals surface area contributed by atoms with E-state index in [1.807, 2.05) is 4.31 Å². The number of nitrogens with zero attached hydrogens (tertiary/aromatic N) is 1. The molecule has 1 saturated carbocycles. The van der Waals surface area contributed by atoms with Crippen LogP contribution < -0.4 is 0 Å². The molecule has 0 aromatic rings. The van der Waals surface area contributed by atoms with Crippen molar-refractivity contribution in [3.8, 4) is 0 Å². The van der Waals surface area contributed by atoms with Gasteiger partial charge in [-0.2, -0.15) is 0 Å². The summed E-state index contributed by atoms with van der Waals surface area (Å²) in [6.07, 6.45) is 5.59. The summed E-state index contributed by atoms with van der Waals surface area (Å²) in [5, 5.41) is 0. The van der Waals surface area contributed by atoms with Crippen molar-refractivity contribution in [2.24, 2.45) is 11.8 Å². The third kappa shape index (κ3) is 3.08. The van der Waals surface area contributed by atoms with Crippen LogP contribution in [0.5, 0.6) is 0 Å². The number of rotatable bonds is 4. The van der Waals surface area contributed by atoms with Gasteiger partial charge in [-0.25, -0.2) is 0 Å². The predicted molar refractivity (Wildman–Crippen MR) is 60.6 cm³/mol. The van der Waals surface area contributed by atoms with Crippen LogP contribution in [-0.4, -0.2) is 34.4 Å². The monoisotopic (exact) mass is 233 g/mol. The lowest BCUT2D eigenvalue weighted by molar-refractivity contribution is 0.230. The minimum Gasteiger partial charge on any atom is -0.598 e. The zero-order valence-corrected chi connectivity index (χ0v) is 9.98. The number of hydrogen-bond donors (Lipinski definition) is 0. The summed E-state index contributed by atoms with van der Waals surface area (Å²) in [5.41, 5.74) is 0. The molecule has 88 valence electrons. The maximum Gasteiger partial charge on any atom is 0.128 e. The molecule has 4 heteroatoms. The smallest absolute Gasteiger partial charge is 0.128 e. The van der Waals surface area contributed by atoms with Crippen molar-refractivity contribution < 1.29 is 8.94 Å². The fourth-order valence-corrected chi connectivity index (χ4v) is 3.80. The largest absolute Gasteiger partial charge is 0.598 e. The van der Waals surface area contributed by atoms with E-state index in [1.54, 1.807) is 0 Å². The van der Waals surface area contributed by atoms with Gasteiger partial charge in [-0.05, 0) is 31.6 Å². The number of hydrogen-bond acceptors (Lipinski definition) is 2. The van der Waals surface area contributed by atoms with Crippen molar-refractivity contribution in [3.05, 3.63) is 0 Å². The number of piperidine rings is 1. The molecule has 0 amide bonds. The molecule has 0 N–H and O–H groups in total. The highest BCUT2D eigenvalue weighted by Gasteiger charge is 2.30. The highest BCUT2D eigenvalue weighted by molar-refractivity contribution is 7.89. The van der Waals surface area contributed by atoms with Crippen LogP contribution in [0.25, 0.3) is 0 Å². The number of halogens is 1. The summed E-state index contributed by atoms with van der Waals surface area (Å²) < 4.78 is 26.4. The van der Waals surface area contributed by atoms with Gasteiger partial charge >= 0.3 is 0 Å². The van der Waals surface area contributed by atoms with Gasteiger partial charge in [-0.15, -0.1) is 4.31 Å². The van der Waals surface area contributed by atoms with Crippen LogP contribution in [0.2, 0.25) is 0 Å². The lowest BCUT2D eigenvalue weighted by Gasteiger charge is -2.34. The molecule has 1 unspecified atom stereocenters. The Morgan fingerprint density at radius 1 is 1.13 bits per heavy atom. The molecule has 2 rings (SSSR count). The summed E-state index contributed by atoms with van der Waals surface area (Å²) in [7, 11) is 0. The summed E-state index contributed by atoms with van der Waals surface area (Å²) >= 11 is -0.791. The van der Waals surface area contributed by atoms with Crippen LogP contribution in [-0.2, 0) is 11.4 Å². The van der Waals surface area contributed by atoms with E-state index >= 15 is 0 Å². The number of alkyl halides is 1. The molecule has 1 aliphatic heterocycles. The van der Waals surface area contributed by atoms with Gasteiger partial charge in [0.05, 0.1) is 6.67 Å². The van der Waals surface area contributed by atoms with Gasteiger partial charge in [-0.3, -0.25) is 4.39 Å². The van der Waals surface area contributed by atoms with E-state index in [9.17, 15) is 8.94 Å². The summed E-state index contributed by atoms with van der Waals surface area (Å²) in [6, 6.07) is 0. The Morgan fingerprint density at radius 2 is 1.80 bits per heavy atom. The second-order valence-corrected chi connectivity index (χ2v) is 6.30.